The normalized spacial score (nSPS) is 12.2. The lowest BCUT2D eigenvalue weighted by molar-refractivity contribution is 0.0526. The summed E-state index contributed by atoms with van der Waals surface area (Å²) in [5.74, 6) is 0.190. The van der Waals surface area contributed by atoms with Crippen LogP contribution in [0.25, 0.3) is 27.8 Å². The van der Waals surface area contributed by atoms with Gasteiger partial charge >= 0.3 is 5.97 Å². The summed E-state index contributed by atoms with van der Waals surface area (Å²) in [6, 6.07) is 14.5. The van der Waals surface area contributed by atoms with Gasteiger partial charge in [-0.05, 0) is 36.2 Å². The summed E-state index contributed by atoms with van der Waals surface area (Å²) in [6.45, 7) is 4.11. The average Bonchev–Trinajstić information content (AvgIpc) is 3.50. The van der Waals surface area contributed by atoms with Gasteiger partial charge in [0.05, 0.1) is 37.7 Å². The molecule has 0 aliphatic rings. The number of nitrogens with zero attached hydrogens (tertiary/aromatic N) is 6. The van der Waals surface area contributed by atoms with E-state index < -0.39 is 5.97 Å². The van der Waals surface area contributed by atoms with E-state index in [0.29, 0.717) is 22.5 Å². The molecule has 0 amide bonds. The van der Waals surface area contributed by atoms with Crippen LogP contribution in [-0.2, 0) is 4.74 Å². The van der Waals surface area contributed by atoms with E-state index in [1.54, 1.807) is 20.2 Å². The molecule has 9 heteroatoms. The molecule has 0 saturated heterocycles. The van der Waals surface area contributed by atoms with E-state index in [1.165, 1.54) is 27.8 Å². The second-order valence-corrected chi connectivity index (χ2v) is 7.53. The Labute approximate surface area is 189 Å². The topological polar surface area (TPSA) is 97.0 Å². The molecule has 5 aromatic rings. The Bertz CT molecular complexity index is 1470. The van der Waals surface area contributed by atoms with Gasteiger partial charge in [-0.15, -0.1) is 0 Å². The van der Waals surface area contributed by atoms with Crippen LogP contribution in [0.15, 0.2) is 61.1 Å². The first-order valence-electron chi connectivity index (χ1n) is 10.6. The van der Waals surface area contributed by atoms with Crippen LogP contribution in [0.1, 0.15) is 35.8 Å². The molecule has 166 valence electrons. The van der Waals surface area contributed by atoms with Crippen molar-refractivity contribution in [2.24, 2.45) is 0 Å². The predicted octanol–water partition coefficient (Wildman–Crippen LogP) is 3.96. The first-order valence-corrected chi connectivity index (χ1v) is 10.6. The predicted molar refractivity (Wildman–Crippen MR) is 123 cm³/mol. The van der Waals surface area contributed by atoms with Crippen LogP contribution in [-0.4, -0.2) is 49.2 Å². The molecule has 33 heavy (non-hydrogen) atoms. The molecular formula is C24H22N6O3. The van der Waals surface area contributed by atoms with Crippen molar-refractivity contribution < 1.29 is 14.3 Å². The minimum Gasteiger partial charge on any atom is -0.479 e. The number of aromatic nitrogens is 6. The molecule has 3 heterocycles. The van der Waals surface area contributed by atoms with Crippen LogP contribution in [0.2, 0.25) is 0 Å². The van der Waals surface area contributed by atoms with Crippen LogP contribution >= 0.6 is 0 Å². The van der Waals surface area contributed by atoms with Crippen molar-refractivity contribution >= 4 is 27.8 Å². The third kappa shape index (κ3) is 3.67. The van der Waals surface area contributed by atoms with Crippen molar-refractivity contribution in [2.45, 2.75) is 19.9 Å². The fraction of sp³-hybridized carbons (Fsp3) is 0.208. The van der Waals surface area contributed by atoms with Gasteiger partial charge in [0, 0.05) is 6.20 Å². The van der Waals surface area contributed by atoms with E-state index in [0.717, 1.165) is 5.56 Å². The van der Waals surface area contributed by atoms with Gasteiger partial charge in [0.15, 0.2) is 0 Å². The molecule has 0 N–H and O–H groups in total. The molecule has 3 aromatic heterocycles. The minimum absolute atomic E-state index is 0.0735. The molecule has 0 bridgehead atoms. The van der Waals surface area contributed by atoms with Crippen molar-refractivity contribution in [3.05, 3.63) is 72.2 Å². The highest BCUT2D eigenvalue weighted by Crippen LogP contribution is 2.30. The Balaban J connectivity index is 1.55. The first kappa shape index (κ1) is 20.6. The molecule has 0 fully saturated rings. The summed E-state index contributed by atoms with van der Waals surface area (Å²) in [5.41, 5.74) is 2.72. The quantitative estimate of drug-likeness (QED) is 0.367. The molecule has 0 spiro atoms. The van der Waals surface area contributed by atoms with E-state index in [1.807, 2.05) is 16.8 Å². The highest BCUT2D eigenvalue weighted by molar-refractivity contribution is 5.89. The van der Waals surface area contributed by atoms with Gasteiger partial charge in [-0.1, -0.05) is 36.4 Å². The number of carbonyl (C=O) groups is 1. The molecule has 0 aliphatic heterocycles. The fourth-order valence-corrected chi connectivity index (χ4v) is 3.82. The zero-order valence-corrected chi connectivity index (χ0v) is 18.5. The second kappa shape index (κ2) is 8.34. The Hall–Kier alpha value is -4.27. The van der Waals surface area contributed by atoms with E-state index >= 15 is 0 Å². The summed E-state index contributed by atoms with van der Waals surface area (Å²) in [5, 5.41) is 11.1. The molecule has 2 aromatic carbocycles. The molecule has 0 saturated carbocycles. The number of rotatable bonds is 6. The summed E-state index contributed by atoms with van der Waals surface area (Å²) >= 11 is 0. The summed E-state index contributed by atoms with van der Waals surface area (Å²) in [4.78, 5) is 21.1. The minimum atomic E-state index is -0.450. The maximum absolute atomic E-state index is 12.0. The van der Waals surface area contributed by atoms with Crippen LogP contribution in [0.4, 0.5) is 0 Å². The third-order valence-corrected chi connectivity index (χ3v) is 5.52. The van der Waals surface area contributed by atoms with Gasteiger partial charge < -0.3 is 9.47 Å². The number of fused-ring (bicyclic) bond motifs is 2. The Morgan fingerprint density at radius 2 is 1.88 bits per heavy atom. The van der Waals surface area contributed by atoms with Gasteiger partial charge in [-0.25, -0.2) is 14.5 Å². The average molecular weight is 442 g/mol. The van der Waals surface area contributed by atoms with E-state index in [-0.39, 0.29) is 18.6 Å². The zero-order chi connectivity index (χ0) is 22.9. The smallest absolute Gasteiger partial charge is 0.341 e. The van der Waals surface area contributed by atoms with Crippen LogP contribution in [0.3, 0.4) is 0 Å². The SMILES string of the molecule is CCOC(=O)c1cnn(-c2nc(OC)c3c(cnn3[C@@H](C)c3ccc4ccccc4c3)n2)c1. The molecule has 0 unspecified atom stereocenters. The molecule has 1 atom stereocenters. The van der Waals surface area contributed by atoms with E-state index in [4.69, 9.17) is 9.47 Å². The summed E-state index contributed by atoms with van der Waals surface area (Å²) in [6.07, 6.45) is 4.63. The lowest BCUT2D eigenvalue weighted by atomic mass is 10.0. The second-order valence-electron chi connectivity index (χ2n) is 7.53. The largest absolute Gasteiger partial charge is 0.479 e. The van der Waals surface area contributed by atoms with Gasteiger partial charge in [-0.2, -0.15) is 15.2 Å². The van der Waals surface area contributed by atoms with Crippen molar-refractivity contribution in [1.82, 2.24) is 29.5 Å². The monoisotopic (exact) mass is 442 g/mol. The van der Waals surface area contributed by atoms with Gasteiger partial charge in [0.2, 0.25) is 5.88 Å². The number of hydrogen-bond acceptors (Lipinski definition) is 7. The number of ether oxygens (including phenoxy) is 2. The maximum Gasteiger partial charge on any atom is 0.341 e. The number of carbonyl (C=O) groups excluding carboxylic acids is 1. The third-order valence-electron chi connectivity index (χ3n) is 5.52. The lowest BCUT2D eigenvalue weighted by Gasteiger charge is -2.16. The standard InChI is InChI=1S/C24H22N6O3/c1-4-33-23(31)19-12-25-29(14-19)24-27-20-13-26-30(21(20)22(28-24)32-3)15(2)17-10-9-16-7-5-6-8-18(16)11-17/h5-15H,4H2,1-3H3/t15-/m0/s1. The van der Waals surface area contributed by atoms with Crippen molar-refractivity contribution in [3.8, 4) is 11.8 Å². The molecule has 0 radical (unpaired) electrons. The maximum atomic E-state index is 12.0. The summed E-state index contributed by atoms with van der Waals surface area (Å²) in [7, 11) is 1.55. The number of esters is 1. The number of benzene rings is 2. The Morgan fingerprint density at radius 3 is 2.67 bits per heavy atom. The van der Waals surface area contributed by atoms with Crippen molar-refractivity contribution in [1.29, 1.82) is 0 Å². The first-order chi connectivity index (χ1) is 16.1. The number of hydrogen-bond donors (Lipinski definition) is 0. The van der Waals surface area contributed by atoms with Crippen LogP contribution in [0.5, 0.6) is 5.88 Å². The molecule has 9 nitrogen and oxygen atoms in total. The van der Waals surface area contributed by atoms with Crippen molar-refractivity contribution in [2.75, 3.05) is 13.7 Å². The number of methoxy groups -OCH3 is 1. The zero-order valence-electron chi connectivity index (χ0n) is 18.5. The fourth-order valence-electron chi connectivity index (χ4n) is 3.82. The lowest BCUT2D eigenvalue weighted by Crippen LogP contribution is -2.11. The Kier molecular flexibility index (Phi) is 5.21. The summed E-state index contributed by atoms with van der Waals surface area (Å²) < 4.78 is 13.9. The van der Waals surface area contributed by atoms with Crippen LogP contribution in [0, 0.1) is 0 Å². The van der Waals surface area contributed by atoms with Gasteiger partial charge in [-0.3, -0.25) is 4.68 Å². The van der Waals surface area contributed by atoms with E-state index in [9.17, 15) is 4.79 Å². The van der Waals surface area contributed by atoms with Crippen LogP contribution < -0.4 is 4.74 Å². The molecule has 5 rings (SSSR count). The highest BCUT2D eigenvalue weighted by Gasteiger charge is 2.20. The Morgan fingerprint density at radius 1 is 1.06 bits per heavy atom. The molecule has 0 aliphatic carbocycles. The molecular weight excluding hydrogens is 420 g/mol. The van der Waals surface area contributed by atoms with Gasteiger partial charge in [0.25, 0.3) is 5.95 Å². The highest BCUT2D eigenvalue weighted by atomic mass is 16.5. The van der Waals surface area contributed by atoms with E-state index in [2.05, 4.69) is 57.4 Å². The van der Waals surface area contributed by atoms with Gasteiger partial charge in [0.1, 0.15) is 11.0 Å². The van der Waals surface area contributed by atoms with Crippen molar-refractivity contribution in [3.63, 3.8) is 0 Å².